The van der Waals surface area contributed by atoms with Crippen LogP contribution in [0.5, 0.6) is 0 Å². The molecule has 0 saturated heterocycles. The van der Waals surface area contributed by atoms with E-state index < -0.39 is 17.8 Å². The maximum atomic E-state index is 12.4. The molecular formula is C17H11NO5-2. The number of aromatic carboxylic acids is 1. The van der Waals surface area contributed by atoms with Gasteiger partial charge in [-0.2, -0.15) is 0 Å². The van der Waals surface area contributed by atoms with E-state index in [-0.39, 0.29) is 11.3 Å². The fourth-order valence-corrected chi connectivity index (χ4v) is 2.02. The lowest BCUT2D eigenvalue weighted by molar-refractivity contribution is -0.297. The summed E-state index contributed by atoms with van der Waals surface area (Å²) in [6, 6.07) is 14.0. The zero-order valence-electron chi connectivity index (χ0n) is 11.8. The first kappa shape index (κ1) is 16.0. The Morgan fingerprint density at radius 2 is 1.43 bits per heavy atom. The average Bonchev–Trinajstić information content (AvgIpc) is 2.54. The third-order valence-corrected chi connectivity index (χ3v) is 2.96. The van der Waals surface area contributed by atoms with E-state index in [1.165, 1.54) is 18.2 Å². The van der Waals surface area contributed by atoms with Crippen molar-refractivity contribution in [3.05, 3.63) is 72.3 Å². The Hall–Kier alpha value is -3.41. The van der Waals surface area contributed by atoms with Crippen LogP contribution in [0, 0.1) is 0 Å². The van der Waals surface area contributed by atoms with Gasteiger partial charge in [0.25, 0.3) is 5.91 Å². The van der Waals surface area contributed by atoms with Gasteiger partial charge in [-0.15, -0.1) is 0 Å². The molecule has 0 unspecified atom stereocenters. The molecule has 0 atom stereocenters. The van der Waals surface area contributed by atoms with Crippen LogP contribution in [0.4, 0.5) is 11.4 Å². The van der Waals surface area contributed by atoms with Gasteiger partial charge in [-0.25, -0.2) is 0 Å². The van der Waals surface area contributed by atoms with E-state index in [9.17, 15) is 24.6 Å². The number of hydrogen-bond donors (Lipinski definition) is 0. The van der Waals surface area contributed by atoms with Crippen molar-refractivity contribution < 1.29 is 24.6 Å². The molecule has 0 aliphatic heterocycles. The summed E-state index contributed by atoms with van der Waals surface area (Å²) in [6.07, 6.45) is 1.38. The van der Waals surface area contributed by atoms with Crippen LogP contribution in [0.1, 0.15) is 10.4 Å². The van der Waals surface area contributed by atoms with Crippen LogP contribution in [0.15, 0.2) is 66.7 Å². The van der Waals surface area contributed by atoms with Crippen LogP contribution in [-0.4, -0.2) is 17.8 Å². The average molecular weight is 309 g/mol. The molecule has 0 N–H and O–H groups in total. The summed E-state index contributed by atoms with van der Waals surface area (Å²) in [4.78, 5) is 35.2. The standard InChI is InChI=1S/C17H13NO5/c19-15(10-11-16(20)21)18(12-6-2-1-3-7-12)14-9-5-4-8-13(14)17(22)23/h1-11H,(H,20,21)(H,22,23)/p-2/b11-10-. The molecule has 1 amide bonds. The fourth-order valence-electron chi connectivity index (χ4n) is 2.02. The van der Waals surface area contributed by atoms with E-state index in [4.69, 9.17) is 0 Å². The van der Waals surface area contributed by atoms with Crippen LogP contribution < -0.4 is 15.1 Å². The van der Waals surface area contributed by atoms with Gasteiger partial charge in [-0.3, -0.25) is 9.69 Å². The van der Waals surface area contributed by atoms with Gasteiger partial charge in [0.2, 0.25) is 0 Å². The lowest BCUT2D eigenvalue weighted by Gasteiger charge is -2.24. The van der Waals surface area contributed by atoms with Crippen molar-refractivity contribution in [2.24, 2.45) is 0 Å². The molecule has 0 fully saturated rings. The zero-order valence-corrected chi connectivity index (χ0v) is 11.8. The molecule has 23 heavy (non-hydrogen) atoms. The van der Waals surface area contributed by atoms with E-state index in [2.05, 4.69) is 0 Å². The fraction of sp³-hybridized carbons (Fsp3) is 0. The van der Waals surface area contributed by atoms with Gasteiger partial charge < -0.3 is 19.8 Å². The highest BCUT2D eigenvalue weighted by Gasteiger charge is 2.18. The van der Waals surface area contributed by atoms with Crippen molar-refractivity contribution in [3.63, 3.8) is 0 Å². The number of nitrogens with zero attached hydrogens (tertiary/aromatic N) is 1. The van der Waals surface area contributed by atoms with Crippen LogP contribution in [0.25, 0.3) is 0 Å². The van der Waals surface area contributed by atoms with Crippen LogP contribution in [0.2, 0.25) is 0 Å². The second-order valence-corrected chi connectivity index (χ2v) is 4.47. The molecule has 6 nitrogen and oxygen atoms in total. The minimum atomic E-state index is -1.53. The van der Waals surface area contributed by atoms with Crippen molar-refractivity contribution in [1.82, 2.24) is 0 Å². The van der Waals surface area contributed by atoms with E-state index in [0.717, 1.165) is 11.0 Å². The predicted molar refractivity (Wildman–Crippen MR) is 78.5 cm³/mol. The number of anilines is 2. The molecule has 0 aromatic heterocycles. The van der Waals surface area contributed by atoms with Crippen molar-refractivity contribution in [1.29, 1.82) is 0 Å². The smallest absolute Gasteiger partial charge is 0.255 e. The van der Waals surface area contributed by atoms with Crippen molar-refractivity contribution in [2.45, 2.75) is 0 Å². The van der Waals surface area contributed by atoms with E-state index in [0.29, 0.717) is 11.8 Å². The minimum absolute atomic E-state index is 0.0756. The Bertz CT molecular complexity index is 768. The predicted octanol–water partition coefficient (Wildman–Crippen LogP) is 0.0209. The Labute approximate surface area is 131 Å². The molecule has 6 heteroatoms. The molecule has 0 aliphatic rings. The number of carbonyl (C=O) groups is 3. The quantitative estimate of drug-likeness (QED) is 0.725. The van der Waals surface area contributed by atoms with Gasteiger partial charge >= 0.3 is 0 Å². The SMILES string of the molecule is O=C([O-])/C=C\C(=O)N(c1ccccc1)c1ccccc1C(=O)[O-]. The first-order valence-corrected chi connectivity index (χ1v) is 6.59. The van der Waals surface area contributed by atoms with Crippen LogP contribution in [-0.2, 0) is 9.59 Å². The number of rotatable bonds is 5. The Morgan fingerprint density at radius 3 is 2.04 bits per heavy atom. The molecule has 0 aliphatic carbocycles. The summed E-state index contributed by atoms with van der Waals surface area (Å²) in [5, 5.41) is 21.8. The maximum absolute atomic E-state index is 12.4. The number of benzene rings is 2. The van der Waals surface area contributed by atoms with Crippen molar-refractivity contribution >= 4 is 29.2 Å². The van der Waals surface area contributed by atoms with Gasteiger partial charge in [0.05, 0.1) is 17.6 Å². The first-order chi connectivity index (χ1) is 11.0. The minimum Gasteiger partial charge on any atom is -0.545 e. The van der Waals surface area contributed by atoms with Crippen molar-refractivity contribution in [3.8, 4) is 0 Å². The summed E-state index contributed by atoms with van der Waals surface area (Å²) in [6.45, 7) is 0. The van der Waals surface area contributed by atoms with Gasteiger partial charge in [0, 0.05) is 17.3 Å². The molecule has 0 radical (unpaired) electrons. The normalized spacial score (nSPS) is 10.4. The first-order valence-electron chi connectivity index (χ1n) is 6.59. The van der Waals surface area contributed by atoms with Crippen molar-refractivity contribution in [2.75, 3.05) is 4.90 Å². The molecule has 0 spiro atoms. The van der Waals surface area contributed by atoms with Gasteiger partial charge in [0.1, 0.15) is 0 Å². The maximum Gasteiger partial charge on any atom is 0.255 e. The lowest BCUT2D eigenvalue weighted by atomic mass is 10.1. The summed E-state index contributed by atoms with van der Waals surface area (Å²) in [5.74, 6) is -3.70. The monoisotopic (exact) mass is 309 g/mol. The third kappa shape index (κ3) is 3.82. The van der Waals surface area contributed by atoms with Gasteiger partial charge in [-0.1, -0.05) is 36.4 Å². The van der Waals surface area contributed by atoms with E-state index >= 15 is 0 Å². The number of carboxylic acid groups (broad SMARTS) is 2. The van der Waals surface area contributed by atoms with E-state index in [1.54, 1.807) is 36.4 Å². The Kier molecular flexibility index (Phi) is 4.89. The number of amides is 1. The van der Waals surface area contributed by atoms with E-state index in [1.807, 2.05) is 0 Å². The third-order valence-electron chi connectivity index (χ3n) is 2.96. The highest BCUT2D eigenvalue weighted by Crippen LogP contribution is 2.28. The molecule has 2 aromatic rings. The molecule has 2 rings (SSSR count). The largest absolute Gasteiger partial charge is 0.545 e. The second-order valence-electron chi connectivity index (χ2n) is 4.47. The summed E-state index contributed by atoms with van der Waals surface area (Å²) in [5.41, 5.74) is 0.271. The molecule has 0 saturated carbocycles. The number of carbonyl (C=O) groups excluding carboxylic acids is 3. The number of carboxylic acids is 2. The highest BCUT2D eigenvalue weighted by molar-refractivity contribution is 6.11. The van der Waals surface area contributed by atoms with Crippen LogP contribution in [0.3, 0.4) is 0 Å². The number of para-hydroxylation sites is 2. The lowest BCUT2D eigenvalue weighted by Crippen LogP contribution is -2.30. The second kappa shape index (κ2) is 7.04. The summed E-state index contributed by atoms with van der Waals surface area (Å²) < 4.78 is 0. The Balaban J connectivity index is 2.57. The Morgan fingerprint density at radius 1 is 0.826 bits per heavy atom. The molecule has 2 aromatic carbocycles. The zero-order chi connectivity index (χ0) is 16.8. The molecule has 116 valence electrons. The van der Waals surface area contributed by atoms with Crippen LogP contribution >= 0.6 is 0 Å². The topological polar surface area (TPSA) is 101 Å². The molecular weight excluding hydrogens is 298 g/mol. The number of hydrogen-bond acceptors (Lipinski definition) is 5. The summed E-state index contributed by atoms with van der Waals surface area (Å²) >= 11 is 0. The summed E-state index contributed by atoms with van der Waals surface area (Å²) in [7, 11) is 0. The van der Waals surface area contributed by atoms with Gasteiger partial charge in [-0.05, 0) is 24.3 Å². The number of aliphatic carboxylic acids is 1. The molecule has 0 bridgehead atoms. The molecule has 0 heterocycles. The highest BCUT2D eigenvalue weighted by atomic mass is 16.4. The van der Waals surface area contributed by atoms with Gasteiger partial charge in [0.15, 0.2) is 0 Å².